The molecule has 0 saturated carbocycles. The number of nitrogens with one attached hydrogen (secondary N) is 1. The topological polar surface area (TPSA) is 81.1 Å². The van der Waals surface area contributed by atoms with E-state index in [2.05, 4.69) is 21.2 Å². The molecule has 0 spiro atoms. The highest BCUT2D eigenvalue weighted by molar-refractivity contribution is 9.10. The molecule has 104 valence electrons. The summed E-state index contributed by atoms with van der Waals surface area (Å²) in [4.78, 5) is 11.4. The van der Waals surface area contributed by atoms with Crippen molar-refractivity contribution in [3.05, 3.63) is 51.7 Å². The van der Waals surface area contributed by atoms with E-state index in [1.807, 2.05) is 0 Å². The molecule has 0 heterocycles. The minimum Gasteiger partial charge on any atom is -0.399 e. The van der Waals surface area contributed by atoms with E-state index < -0.39 is 5.91 Å². The molecular weight excluding hydrogens is 325 g/mol. The van der Waals surface area contributed by atoms with Gasteiger partial charge < -0.3 is 16.8 Å². The number of halogens is 2. The summed E-state index contributed by atoms with van der Waals surface area (Å²) in [6, 6.07) is 7.81. The fourth-order valence-electron chi connectivity index (χ4n) is 1.80. The lowest BCUT2D eigenvalue weighted by atomic mass is 10.1. The lowest BCUT2D eigenvalue weighted by Gasteiger charge is -2.13. The van der Waals surface area contributed by atoms with Crippen LogP contribution in [0.1, 0.15) is 15.9 Å². The SMILES string of the molecule is Cc1cc(F)c(Br)cc1Nc1ccc(N)cc1C(N)=O. The number of carbonyl (C=O) groups excluding carboxylic acids is 1. The van der Waals surface area contributed by atoms with Crippen LogP contribution in [0.3, 0.4) is 0 Å². The summed E-state index contributed by atoms with van der Waals surface area (Å²) < 4.78 is 13.7. The molecule has 0 saturated heterocycles. The summed E-state index contributed by atoms with van der Waals surface area (Å²) in [5, 5.41) is 3.06. The van der Waals surface area contributed by atoms with E-state index >= 15 is 0 Å². The molecule has 0 aliphatic heterocycles. The van der Waals surface area contributed by atoms with E-state index in [0.29, 0.717) is 27.1 Å². The van der Waals surface area contributed by atoms with Crippen LogP contribution in [0.5, 0.6) is 0 Å². The number of aryl methyl sites for hydroxylation is 1. The van der Waals surface area contributed by atoms with Crippen LogP contribution in [-0.2, 0) is 0 Å². The van der Waals surface area contributed by atoms with Gasteiger partial charge >= 0.3 is 0 Å². The number of primary amides is 1. The number of amides is 1. The van der Waals surface area contributed by atoms with Crippen molar-refractivity contribution in [3.8, 4) is 0 Å². The Kier molecular flexibility index (Phi) is 3.94. The van der Waals surface area contributed by atoms with Crippen molar-refractivity contribution in [2.75, 3.05) is 11.1 Å². The molecule has 0 unspecified atom stereocenters. The molecule has 0 aromatic heterocycles. The van der Waals surface area contributed by atoms with Gasteiger partial charge in [0.25, 0.3) is 5.91 Å². The zero-order valence-corrected chi connectivity index (χ0v) is 12.3. The Hall–Kier alpha value is -2.08. The lowest BCUT2D eigenvalue weighted by molar-refractivity contribution is 0.100. The van der Waals surface area contributed by atoms with Gasteiger partial charge in [-0.2, -0.15) is 0 Å². The maximum atomic E-state index is 13.4. The van der Waals surface area contributed by atoms with Crippen molar-refractivity contribution in [1.29, 1.82) is 0 Å². The monoisotopic (exact) mass is 337 g/mol. The highest BCUT2D eigenvalue weighted by Gasteiger charge is 2.11. The second kappa shape index (κ2) is 5.50. The summed E-state index contributed by atoms with van der Waals surface area (Å²) in [6.07, 6.45) is 0. The highest BCUT2D eigenvalue weighted by Crippen LogP contribution is 2.29. The van der Waals surface area contributed by atoms with E-state index in [1.54, 1.807) is 25.1 Å². The third-order valence-corrected chi connectivity index (χ3v) is 3.45. The van der Waals surface area contributed by atoms with Gasteiger partial charge in [-0.05, 0) is 58.7 Å². The zero-order chi connectivity index (χ0) is 14.9. The molecule has 6 heteroatoms. The molecule has 20 heavy (non-hydrogen) atoms. The second-order valence-corrected chi connectivity index (χ2v) is 5.23. The molecule has 0 radical (unpaired) electrons. The number of hydrogen-bond acceptors (Lipinski definition) is 3. The van der Waals surface area contributed by atoms with Crippen molar-refractivity contribution in [3.63, 3.8) is 0 Å². The molecule has 0 fully saturated rings. The van der Waals surface area contributed by atoms with Gasteiger partial charge in [0.15, 0.2) is 0 Å². The Morgan fingerprint density at radius 1 is 1.25 bits per heavy atom. The van der Waals surface area contributed by atoms with Gasteiger partial charge in [0.2, 0.25) is 0 Å². The number of nitrogen functional groups attached to an aromatic ring is 1. The number of anilines is 3. The fourth-order valence-corrected chi connectivity index (χ4v) is 2.14. The van der Waals surface area contributed by atoms with Crippen LogP contribution in [0, 0.1) is 12.7 Å². The zero-order valence-electron chi connectivity index (χ0n) is 10.7. The highest BCUT2D eigenvalue weighted by atomic mass is 79.9. The summed E-state index contributed by atoms with van der Waals surface area (Å²) in [6.45, 7) is 1.76. The molecule has 5 N–H and O–H groups in total. The second-order valence-electron chi connectivity index (χ2n) is 4.38. The van der Waals surface area contributed by atoms with E-state index in [-0.39, 0.29) is 11.4 Å². The van der Waals surface area contributed by atoms with Crippen LogP contribution in [0.25, 0.3) is 0 Å². The summed E-state index contributed by atoms with van der Waals surface area (Å²) in [5.74, 6) is -0.931. The third-order valence-electron chi connectivity index (χ3n) is 2.85. The van der Waals surface area contributed by atoms with Crippen LogP contribution >= 0.6 is 15.9 Å². The van der Waals surface area contributed by atoms with Crippen LogP contribution in [0.4, 0.5) is 21.5 Å². The molecule has 0 aliphatic rings. The quantitative estimate of drug-likeness (QED) is 0.751. The summed E-state index contributed by atoms with van der Waals surface area (Å²) >= 11 is 3.13. The van der Waals surface area contributed by atoms with E-state index in [1.165, 1.54) is 12.1 Å². The van der Waals surface area contributed by atoms with Crippen LogP contribution in [0.15, 0.2) is 34.8 Å². The molecule has 0 bridgehead atoms. The number of benzene rings is 2. The molecule has 0 aliphatic carbocycles. The first-order valence-corrected chi connectivity index (χ1v) is 6.60. The van der Waals surface area contributed by atoms with Gasteiger partial charge in [-0.25, -0.2) is 4.39 Å². The number of hydrogen-bond donors (Lipinski definition) is 3. The Bertz CT molecular complexity index is 688. The average Bonchev–Trinajstić information content (AvgIpc) is 2.37. The Labute approximate surface area is 124 Å². The van der Waals surface area contributed by atoms with Gasteiger partial charge in [-0.1, -0.05) is 0 Å². The largest absolute Gasteiger partial charge is 0.399 e. The standard InChI is InChI=1S/C14H13BrFN3O/c1-7-4-11(16)10(15)6-13(7)19-12-3-2-8(17)5-9(12)14(18)20/h2-6,19H,17H2,1H3,(H2,18,20). The Balaban J connectivity index is 2.45. The normalized spacial score (nSPS) is 10.3. The number of rotatable bonds is 3. The first kappa shape index (κ1) is 14.3. The summed E-state index contributed by atoms with van der Waals surface area (Å²) in [5.41, 5.74) is 13.6. The van der Waals surface area contributed by atoms with E-state index in [4.69, 9.17) is 11.5 Å². The fraction of sp³-hybridized carbons (Fsp3) is 0.0714. The summed E-state index contributed by atoms with van der Waals surface area (Å²) in [7, 11) is 0. The van der Waals surface area contributed by atoms with Crippen LogP contribution in [0.2, 0.25) is 0 Å². The van der Waals surface area contributed by atoms with Crippen LogP contribution < -0.4 is 16.8 Å². The third kappa shape index (κ3) is 2.91. The minimum absolute atomic E-state index is 0.282. The van der Waals surface area contributed by atoms with Crippen LogP contribution in [-0.4, -0.2) is 5.91 Å². The number of nitrogens with two attached hydrogens (primary N) is 2. The minimum atomic E-state index is -0.585. The molecule has 0 atom stereocenters. The first-order chi connectivity index (χ1) is 9.38. The molecular formula is C14H13BrFN3O. The number of carbonyl (C=O) groups is 1. The van der Waals surface area contributed by atoms with Gasteiger partial charge in [-0.15, -0.1) is 0 Å². The molecule has 2 rings (SSSR count). The van der Waals surface area contributed by atoms with Crippen molar-refractivity contribution in [2.24, 2.45) is 5.73 Å². The van der Waals surface area contributed by atoms with Gasteiger partial charge in [0, 0.05) is 11.4 Å². The maximum Gasteiger partial charge on any atom is 0.250 e. The molecule has 1 amide bonds. The van der Waals surface area contributed by atoms with Crippen molar-refractivity contribution in [2.45, 2.75) is 6.92 Å². The van der Waals surface area contributed by atoms with Crippen molar-refractivity contribution >= 4 is 38.9 Å². The Morgan fingerprint density at radius 2 is 1.95 bits per heavy atom. The average molecular weight is 338 g/mol. The maximum absolute atomic E-state index is 13.4. The molecule has 4 nitrogen and oxygen atoms in total. The van der Waals surface area contributed by atoms with Gasteiger partial charge in [0.1, 0.15) is 5.82 Å². The van der Waals surface area contributed by atoms with E-state index in [0.717, 1.165) is 0 Å². The van der Waals surface area contributed by atoms with Gasteiger partial charge in [0.05, 0.1) is 15.7 Å². The molecule has 2 aromatic carbocycles. The van der Waals surface area contributed by atoms with Gasteiger partial charge in [-0.3, -0.25) is 4.79 Å². The smallest absolute Gasteiger partial charge is 0.250 e. The Morgan fingerprint density at radius 3 is 2.60 bits per heavy atom. The predicted octanol–water partition coefficient (Wildman–Crippen LogP) is 3.32. The van der Waals surface area contributed by atoms with E-state index in [9.17, 15) is 9.18 Å². The first-order valence-electron chi connectivity index (χ1n) is 5.80. The predicted molar refractivity (Wildman–Crippen MR) is 81.5 cm³/mol. The molecule has 2 aromatic rings. The lowest BCUT2D eigenvalue weighted by Crippen LogP contribution is -2.14. The van der Waals surface area contributed by atoms with Crippen molar-refractivity contribution in [1.82, 2.24) is 0 Å². The van der Waals surface area contributed by atoms with Crippen molar-refractivity contribution < 1.29 is 9.18 Å².